The van der Waals surface area contributed by atoms with Gasteiger partial charge in [-0.1, -0.05) is 0 Å². The van der Waals surface area contributed by atoms with E-state index in [1.807, 2.05) is 0 Å². The lowest BCUT2D eigenvalue weighted by Gasteiger charge is -2.23. The van der Waals surface area contributed by atoms with E-state index in [2.05, 4.69) is 5.32 Å². The molecule has 0 radical (unpaired) electrons. The van der Waals surface area contributed by atoms with Crippen molar-refractivity contribution in [3.8, 4) is 0 Å². The van der Waals surface area contributed by atoms with Gasteiger partial charge in [-0.05, 0) is 25.0 Å². The number of hydrogen-bond acceptors (Lipinski definition) is 6. The molecule has 1 fully saturated rings. The van der Waals surface area contributed by atoms with Gasteiger partial charge in [-0.15, -0.1) is 0 Å². The number of nitrogen functional groups attached to an aromatic ring is 1. The molecule has 8 nitrogen and oxygen atoms in total. The molecule has 1 unspecified atom stereocenters. The van der Waals surface area contributed by atoms with E-state index in [4.69, 9.17) is 5.73 Å². The number of nitro groups is 1. The molecule has 1 aromatic carbocycles. The number of nitro benzene ring substituents is 1. The van der Waals surface area contributed by atoms with Crippen molar-refractivity contribution in [3.05, 3.63) is 33.9 Å². The number of benzene rings is 1. The zero-order chi connectivity index (χ0) is 15.6. The molecule has 0 aromatic heterocycles. The summed E-state index contributed by atoms with van der Waals surface area (Å²) in [6.45, 7) is 0. The van der Waals surface area contributed by atoms with Crippen LogP contribution >= 0.6 is 0 Å². The van der Waals surface area contributed by atoms with Crippen LogP contribution < -0.4 is 11.1 Å². The highest BCUT2D eigenvalue weighted by Gasteiger charge is 2.26. The van der Waals surface area contributed by atoms with Crippen molar-refractivity contribution in [3.63, 3.8) is 0 Å². The Labute approximate surface area is 121 Å². The van der Waals surface area contributed by atoms with Gasteiger partial charge in [-0.3, -0.25) is 14.9 Å². The summed E-state index contributed by atoms with van der Waals surface area (Å²) in [7, 11) is -3.11. The minimum Gasteiger partial charge on any atom is -0.393 e. The van der Waals surface area contributed by atoms with Crippen LogP contribution in [-0.4, -0.2) is 36.8 Å². The first-order valence-corrected chi connectivity index (χ1v) is 8.16. The van der Waals surface area contributed by atoms with E-state index in [1.54, 1.807) is 0 Å². The van der Waals surface area contributed by atoms with Crippen LogP contribution in [-0.2, 0) is 9.84 Å². The maximum absolute atomic E-state index is 12.0. The van der Waals surface area contributed by atoms with Crippen LogP contribution in [0.15, 0.2) is 18.2 Å². The van der Waals surface area contributed by atoms with E-state index in [9.17, 15) is 23.3 Å². The van der Waals surface area contributed by atoms with Gasteiger partial charge in [0.15, 0.2) is 9.84 Å². The SMILES string of the molecule is Nc1cc(C(=O)NC2CCCS(=O)(=O)C2)ccc1[N+](=O)[O-]. The summed E-state index contributed by atoms with van der Waals surface area (Å²) in [5, 5.41) is 13.3. The molecule has 114 valence electrons. The van der Waals surface area contributed by atoms with Gasteiger partial charge in [0.1, 0.15) is 5.69 Å². The zero-order valence-corrected chi connectivity index (χ0v) is 11.9. The fourth-order valence-corrected chi connectivity index (χ4v) is 3.90. The lowest BCUT2D eigenvalue weighted by Crippen LogP contribution is -2.43. The fraction of sp³-hybridized carbons (Fsp3) is 0.417. The van der Waals surface area contributed by atoms with Gasteiger partial charge >= 0.3 is 0 Å². The van der Waals surface area contributed by atoms with Crippen LogP contribution in [0.4, 0.5) is 11.4 Å². The van der Waals surface area contributed by atoms with E-state index in [-0.39, 0.29) is 28.4 Å². The lowest BCUT2D eigenvalue weighted by atomic mass is 10.1. The first-order valence-electron chi connectivity index (χ1n) is 6.34. The maximum Gasteiger partial charge on any atom is 0.292 e. The molecule has 0 bridgehead atoms. The largest absolute Gasteiger partial charge is 0.393 e. The Balaban J connectivity index is 2.10. The fourth-order valence-electron chi connectivity index (χ4n) is 2.27. The number of sulfone groups is 1. The highest BCUT2D eigenvalue weighted by atomic mass is 32.2. The van der Waals surface area contributed by atoms with E-state index < -0.39 is 26.7 Å². The second-order valence-electron chi connectivity index (χ2n) is 4.96. The van der Waals surface area contributed by atoms with Crippen molar-refractivity contribution < 1.29 is 18.1 Å². The predicted molar refractivity (Wildman–Crippen MR) is 76.7 cm³/mol. The lowest BCUT2D eigenvalue weighted by molar-refractivity contribution is -0.383. The van der Waals surface area contributed by atoms with Crippen LogP contribution in [0, 0.1) is 10.1 Å². The second-order valence-corrected chi connectivity index (χ2v) is 7.19. The Morgan fingerprint density at radius 1 is 1.43 bits per heavy atom. The number of amides is 1. The summed E-state index contributed by atoms with van der Waals surface area (Å²) in [4.78, 5) is 22.0. The van der Waals surface area contributed by atoms with E-state index in [0.29, 0.717) is 12.8 Å². The third-order valence-electron chi connectivity index (χ3n) is 3.28. The summed E-state index contributed by atoms with van der Waals surface area (Å²) >= 11 is 0. The molecule has 21 heavy (non-hydrogen) atoms. The molecular weight excluding hydrogens is 298 g/mol. The number of carbonyl (C=O) groups excluding carboxylic acids is 1. The van der Waals surface area contributed by atoms with Gasteiger partial charge in [0.05, 0.1) is 16.4 Å². The van der Waals surface area contributed by atoms with Gasteiger partial charge in [0, 0.05) is 17.7 Å². The van der Waals surface area contributed by atoms with Gasteiger partial charge in [0.2, 0.25) is 0 Å². The molecule has 0 spiro atoms. The number of nitrogens with one attached hydrogen (secondary N) is 1. The van der Waals surface area contributed by atoms with Crippen LogP contribution in [0.3, 0.4) is 0 Å². The first-order chi connectivity index (χ1) is 9.78. The molecule has 1 amide bonds. The average Bonchev–Trinajstić information content (AvgIpc) is 2.36. The minimum atomic E-state index is -3.11. The smallest absolute Gasteiger partial charge is 0.292 e. The third-order valence-corrected chi connectivity index (χ3v) is 5.11. The highest BCUT2D eigenvalue weighted by molar-refractivity contribution is 7.91. The Bertz CT molecular complexity index is 686. The van der Waals surface area contributed by atoms with Crippen molar-refractivity contribution in [1.82, 2.24) is 5.32 Å². The van der Waals surface area contributed by atoms with Crippen molar-refractivity contribution in [1.29, 1.82) is 0 Å². The quantitative estimate of drug-likeness (QED) is 0.474. The normalized spacial score (nSPS) is 20.7. The molecule has 1 saturated heterocycles. The molecule has 9 heteroatoms. The molecule has 3 N–H and O–H groups in total. The van der Waals surface area contributed by atoms with Crippen molar-refractivity contribution >= 4 is 27.1 Å². The number of anilines is 1. The van der Waals surface area contributed by atoms with E-state index in [0.717, 1.165) is 6.07 Å². The maximum atomic E-state index is 12.0. The molecule has 1 aromatic rings. The number of hydrogen-bond donors (Lipinski definition) is 2. The number of nitrogens with two attached hydrogens (primary N) is 1. The summed E-state index contributed by atoms with van der Waals surface area (Å²) in [5.74, 6) is -0.427. The number of nitrogens with zero attached hydrogens (tertiary/aromatic N) is 1. The summed E-state index contributed by atoms with van der Waals surface area (Å²) < 4.78 is 23.0. The molecule has 1 heterocycles. The van der Waals surface area contributed by atoms with Crippen LogP contribution in [0.1, 0.15) is 23.2 Å². The Morgan fingerprint density at radius 3 is 2.71 bits per heavy atom. The Kier molecular flexibility index (Phi) is 4.12. The average molecular weight is 313 g/mol. The molecule has 2 rings (SSSR count). The van der Waals surface area contributed by atoms with Gasteiger partial charge in [0.25, 0.3) is 11.6 Å². The third kappa shape index (κ3) is 3.69. The van der Waals surface area contributed by atoms with Crippen molar-refractivity contribution in [2.45, 2.75) is 18.9 Å². The topological polar surface area (TPSA) is 132 Å². The number of rotatable bonds is 3. The zero-order valence-electron chi connectivity index (χ0n) is 11.1. The highest BCUT2D eigenvalue weighted by Crippen LogP contribution is 2.22. The summed E-state index contributed by atoms with van der Waals surface area (Å²) in [5.41, 5.74) is 5.31. The van der Waals surface area contributed by atoms with E-state index in [1.165, 1.54) is 12.1 Å². The molecule has 1 atom stereocenters. The monoisotopic (exact) mass is 313 g/mol. The molecule has 1 aliphatic heterocycles. The molecular formula is C12H15N3O5S. The predicted octanol–water partition coefficient (Wildman–Crippen LogP) is 0.484. The Morgan fingerprint density at radius 2 is 2.14 bits per heavy atom. The van der Waals surface area contributed by atoms with Gasteiger partial charge < -0.3 is 11.1 Å². The summed E-state index contributed by atoms with van der Waals surface area (Å²) in [6, 6.07) is 3.22. The molecule has 0 aliphatic carbocycles. The van der Waals surface area contributed by atoms with Crippen LogP contribution in [0.2, 0.25) is 0 Å². The van der Waals surface area contributed by atoms with Crippen molar-refractivity contribution in [2.75, 3.05) is 17.2 Å². The standard InChI is InChI=1S/C12H15N3O5S/c13-10-6-8(3-4-11(10)15(17)18)12(16)14-9-2-1-5-21(19,20)7-9/h3-4,6,9H,1-2,5,7,13H2,(H,14,16). The second kappa shape index (κ2) is 5.68. The van der Waals surface area contributed by atoms with Gasteiger partial charge in [-0.2, -0.15) is 0 Å². The molecule has 1 aliphatic rings. The minimum absolute atomic E-state index is 0.0821. The van der Waals surface area contributed by atoms with E-state index >= 15 is 0 Å². The van der Waals surface area contributed by atoms with Gasteiger partial charge in [-0.25, -0.2) is 8.42 Å². The molecule has 0 saturated carbocycles. The Hall–Kier alpha value is -2.16. The first kappa shape index (κ1) is 15.2. The van der Waals surface area contributed by atoms with Crippen LogP contribution in [0.25, 0.3) is 0 Å². The number of carbonyl (C=O) groups is 1. The summed E-state index contributed by atoms with van der Waals surface area (Å²) in [6.07, 6.45) is 1.10. The van der Waals surface area contributed by atoms with Crippen LogP contribution in [0.5, 0.6) is 0 Å². The van der Waals surface area contributed by atoms with Crippen molar-refractivity contribution in [2.24, 2.45) is 0 Å².